The number of nitrogens with zero attached hydrogens (tertiary/aromatic N) is 2. The van der Waals surface area contributed by atoms with Crippen LogP contribution in [-0.2, 0) is 17.9 Å². The number of benzene rings is 2. The molecular formula is C22H30N4OS. The maximum Gasteiger partial charge on any atom is 0.224 e. The molecule has 0 aliphatic carbocycles. The Labute approximate surface area is 172 Å². The van der Waals surface area contributed by atoms with Crippen LogP contribution >= 0.6 is 11.8 Å². The second kappa shape index (κ2) is 11.4. The summed E-state index contributed by atoms with van der Waals surface area (Å²) >= 11 is 1.74. The van der Waals surface area contributed by atoms with Crippen molar-refractivity contribution in [1.29, 1.82) is 0 Å². The molecule has 0 heterocycles. The first-order valence-electron chi connectivity index (χ1n) is 9.39. The van der Waals surface area contributed by atoms with Crippen molar-refractivity contribution in [2.75, 3.05) is 26.9 Å². The standard InChI is InChI=1S/C22H30N4OS/c1-17-10-11-19(20(14-17)28-4)15-25-22(23-2)24-13-12-21(27)26(3)16-18-8-6-5-7-9-18/h5-11,14H,12-13,15-16H2,1-4H3,(H2,23,24,25). The topological polar surface area (TPSA) is 56.7 Å². The summed E-state index contributed by atoms with van der Waals surface area (Å²) in [6.45, 7) is 3.96. The summed E-state index contributed by atoms with van der Waals surface area (Å²) in [6.07, 6.45) is 2.51. The number of thioether (sulfide) groups is 1. The highest BCUT2D eigenvalue weighted by molar-refractivity contribution is 7.98. The average Bonchev–Trinajstić information content (AvgIpc) is 2.71. The number of carbonyl (C=O) groups is 1. The molecule has 0 unspecified atom stereocenters. The molecular weight excluding hydrogens is 368 g/mol. The molecule has 28 heavy (non-hydrogen) atoms. The van der Waals surface area contributed by atoms with Gasteiger partial charge in [0.15, 0.2) is 5.96 Å². The second-order valence-corrected chi connectivity index (χ2v) is 7.50. The lowest BCUT2D eigenvalue weighted by Gasteiger charge is -2.18. The Morgan fingerprint density at radius 3 is 2.57 bits per heavy atom. The van der Waals surface area contributed by atoms with Gasteiger partial charge in [0, 0.05) is 45.0 Å². The lowest BCUT2D eigenvalue weighted by atomic mass is 10.1. The van der Waals surface area contributed by atoms with E-state index >= 15 is 0 Å². The molecule has 0 aliphatic rings. The summed E-state index contributed by atoms with van der Waals surface area (Å²) in [5.74, 6) is 0.807. The number of carbonyl (C=O) groups excluding carboxylic acids is 1. The van der Waals surface area contributed by atoms with Gasteiger partial charge in [-0.3, -0.25) is 9.79 Å². The molecule has 2 aromatic carbocycles. The highest BCUT2D eigenvalue weighted by atomic mass is 32.2. The van der Waals surface area contributed by atoms with E-state index in [-0.39, 0.29) is 5.91 Å². The number of rotatable bonds is 8. The maximum atomic E-state index is 12.3. The summed E-state index contributed by atoms with van der Waals surface area (Å²) in [5, 5.41) is 6.55. The first kappa shape index (κ1) is 21.8. The van der Waals surface area contributed by atoms with Crippen molar-refractivity contribution in [1.82, 2.24) is 15.5 Å². The lowest BCUT2D eigenvalue weighted by Crippen LogP contribution is -2.39. The third-order valence-electron chi connectivity index (χ3n) is 4.43. The van der Waals surface area contributed by atoms with Gasteiger partial charge in [0.05, 0.1) is 0 Å². The summed E-state index contributed by atoms with van der Waals surface area (Å²) in [4.78, 5) is 19.6. The maximum absolute atomic E-state index is 12.3. The normalized spacial score (nSPS) is 11.2. The van der Waals surface area contributed by atoms with Crippen molar-refractivity contribution in [2.45, 2.75) is 31.3 Å². The van der Waals surface area contributed by atoms with Crippen molar-refractivity contribution in [2.24, 2.45) is 4.99 Å². The Morgan fingerprint density at radius 1 is 1.14 bits per heavy atom. The minimum Gasteiger partial charge on any atom is -0.356 e. The molecule has 0 atom stereocenters. The van der Waals surface area contributed by atoms with Crippen LogP contribution in [0, 0.1) is 6.92 Å². The van der Waals surface area contributed by atoms with E-state index in [0.29, 0.717) is 32.0 Å². The first-order valence-corrected chi connectivity index (χ1v) is 10.6. The van der Waals surface area contributed by atoms with Crippen LogP contribution in [0.2, 0.25) is 0 Å². The number of guanidine groups is 1. The number of amides is 1. The van der Waals surface area contributed by atoms with Crippen molar-refractivity contribution < 1.29 is 4.79 Å². The molecule has 150 valence electrons. The molecule has 0 saturated carbocycles. The van der Waals surface area contributed by atoms with Gasteiger partial charge in [-0.25, -0.2) is 0 Å². The van der Waals surface area contributed by atoms with E-state index in [9.17, 15) is 4.79 Å². The van der Waals surface area contributed by atoms with Gasteiger partial charge in [0.2, 0.25) is 5.91 Å². The van der Waals surface area contributed by atoms with Gasteiger partial charge in [-0.05, 0) is 35.9 Å². The molecule has 0 spiro atoms. The molecule has 0 fully saturated rings. The lowest BCUT2D eigenvalue weighted by molar-refractivity contribution is -0.130. The Kier molecular flexibility index (Phi) is 8.88. The molecule has 2 N–H and O–H groups in total. The second-order valence-electron chi connectivity index (χ2n) is 6.65. The number of hydrogen-bond donors (Lipinski definition) is 2. The fraction of sp³-hybridized carbons (Fsp3) is 0.364. The van der Waals surface area contributed by atoms with Gasteiger partial charge < -0.3 is 15.5 Å². The fourth-order valence-electron chi connectivity index (χ4n) is 2.82. The quantitative estimate of drug-likeness (QED) is 0.406. The average molecular weight is 399 g/mol. The van der Waals surface area contributed by atoms with E-state index in [1.54, 1.807) is 23.7 Å². The smallest absolute Gasteiger partial charge is 0.224 e. The third-order valence-corrected chi connectivity index (χ3v) is 5.25. The Hall–Kier alpha value is -2.47. The van der Waals surface area contributed by atoms with Crippen LogP contribution in [0.25, 0.3) is 0 Å². The van der Waals surface area contributed by atoms with Crippen LogP contribution in [-0.4, -0.2) is 43.7 Å². The largest absolute Gasteiger partial charge is 0.356 e. The molecule has 0 aliphatic heterocycles. The van der Waals surface area contributed by atoms with Crippen LogP contribution in [0.5, 0.6) is 0 Å². The van der Waals surface area contributed by atoms with Crippen LogP contribution in [0.3, 0.4) is 0 Å². The van der Waals surface area contributed by atoms with E-state index in [1.165, 1.54) is 16.0 Å². The molecule has 5 nitrogen and oxygen atoms in total. The third kappa shape index (κ3) is 6.93. The Bertz CT molecular complexity index is 792. The zero-order valence-electron chi connectivity index (χ0n) is 17.2. The predicted molar refractivity (Wildman–Crippen MR) is 119 cm³/mol. The minimum atomic E-state index is 0.106. The minimum absolute atomic E-state index is 0.106. The fourth-order valence-corrected chi connectivity index (χ4v) is 3.53. The van der Waals surface area contributed by atoms with Crippen LogP contribution in [0.15, 0.2) is 58.4 Å². The summed E-state index contributed by atoms with van der Waals surface area (Å²) < 4.78 is 0. The number of aryl methyl sites for hydroxylation is 1. The molecule has 2 rings (SSSR count). The SMILES string of the molecule is CN=C(NCCC(=O)N(C)Cc1ccccc1)NCc1ccc(C)cc1SC. The highest BCUT2D eigenvalue weighted by Crippen LogP contribution is 2.21. The molecule has 0 aromatic heterocycles. The summed E-state index contributed by atoms with van der Waals surface area (Å²) in [6, 6.07) is 16.5. The van der Waals surface area contributed by atoms with Gasteiger partial charge >= 0.3 is 0 Å². The Morgan fingerprint density at radius 2 is 1.89 bits per heavy atom. The summed E-state index contributed by atoms with van der Waals surface area (Å²) in [5.41, 5.74) is 3.62. The van der Waals surface area contributed by atoms with E-state index < -0.39 is 0 Å². The van der Waals surface area contributed by atoms with Crippen molar-refractivity contribution in [3.8, 4) is 0 Å². The Balaban J connectivity index is 1.77. The van der Waals surface area contributed by atoms with Crippen molar-refractivity contribution in [3.05, 3.63) is 65.2 Å². The highest BCUT2D eigenvalue weighted by Gasteiger charge is 2.10. The van der Waals surface area contributed by atoms with Gasteiger partial charge in [-0.2, -0.15) is 0 Å². The number of nitrogens with one attached hydrogen (secondary N) is 2. The van der Waals surface area contributed by atoms with Crippen LogP contribution in [0.1, 0.15) is 23.1 Å². The molecule has 0 radical (unpaired) electrons. The van der Waals surface area contributed by atoms with Gasteiger partial charge in [-0.15, -0.1) is 11.8 Å². The van der Waals surface area contributed by atoms with E-state index in [4.69, 9.17) is 0 Å². The molecule has 0 bridgehead atoms. The van der Waals surface area contributed by atoms with Gasteiger partial charge in [0.25, 0.3) is 0 Å². The molecule has 6 heteroatoms. The first-order chi connectivity index (χ1) is 13.5. The summed E-state index contributed by atoms with van der Waals surface area (Å²) in [7, 11) is 3.58. The molecule has 0 saturated heterocycles. The zero-order chi connectivity index (χ0) is 20.4. The van der Waals surface area contributed by atoms with Gasteiger partial charge in [-0.1, -0.05) is 42.5 Å². The number of hydrogen-bond acceptors (Lipinski definition) is 3. The van der Waals surface area contributed by atoms with Crippen LogP contribution < -0.4 is 10.6 Å². The van der Waals surface area contributed by atoms with E-state index in [1.807, 2.05) is 37.4 Å². The van der Waals surface area contributed by atoms with Crippen molar-refractivity contribution in [3.63, 3.8) is 0 Å². The predicted octanol–water partition coefficient (Wildman–Crippen LogP) is 3.43. The van der Waals surface area contributed by atoms with Gasteiger partial charge in [0.1, 0.15) is 0 Å². The molecule has 1 amide bonds. The number of aliphatic imine (C=N–C) groups is 1. The van der Waals surface area contributed by atoms with E-state index in [0.717, 1.165) is 5.56 Å². The molecule has 2 aromatic rings. The van der Waals surface area contributed by atoms with E-state index in [2.05, 4.69) is 47.0 Å². The monoisotopic (exact) mass is 398 g/mol. The van der Waals surface area contributed by atoms with Crippen LogP contribution in [0.4, 0.5) is 0 Å². The zero-order valence-corrected chi connectivity index (χ0v) is 18.0. The van der Waals surface area contributed by atoms with Crippen molar-refractivity contribution >= 4 is 23.6 Å².